The number of rotatable bonds is 4. The Balaban J connectivity index is 2.11. The fourth-order valence-electron chi connectivity index (χ4n) is 1.32. The molecule has 0 aliphatic carbocycles. The molecule has 1 heterocycles. The Morgan fingerprint density at radius 3 is 2.67 bits per heavy atom. The summed E-state index contributed by atoms with van der Waals surface area (Å²) in [6.07, 6.45) is 1.44. The van der Waals surface area contributed by atoms with Crippen LogP contribution in [0.1, 0.15) is 10.5 Å². The molecule has 1 aromatic carbocycles. The third-order valence-corrected chi connectivity index (χ3v) is 2.15. The van der Waals surface area contributed by atoms with Crippen LogP contribution in [-0.2, 0) is 4.79 Å². The van der Waals surface area contributed by atoms with Crippen LogP contribution in [0, 0.1) is 0 Å². The van der Waals surface area contributed by atoms with Crippen molar-refractivity contribution in [2.75, 3.05) is 6.54 Å². The first kappa shape index (κ1) is 11.8. The second kappa shape index (κ2) is 5.09. The zero-order chi connectivity index (χ0) is 13.0. The standard InChI is InChI=1S/C11H10N4O3/c16-10(17)6-12-11(18)9-7-15(14-13-9)8-4-2-1-3-5-8/h1-5,7H,6H2,(H,12,18)(H,16,17). The molecule has 7 nitrogen and oxygen atoms in total. The molecule has 0 fully saturated rings. The molecule has 0 aliphatic heterocycles. The third kappa shape index (κ3) is 2.70. The quantitative estimate of drug-likeness (QED) is 0.796. The van der Waals surface area contributed by atoms with E-state index in [0.717, 1.165) is 5.69 Å². The van der Waals surface area contributed by atoms with Gasteiger partial charge in [-0.15, -0.1) is 5.10 Å². The second-order valence-corrected chi connectivity index (χ2v) is 3.46. The van der Waals surface area contributed by atoms with Crippen LogP contribution >= 0.6 is 0 Å². The van der Waals surface area contributed by atoms with Crippen LogP contribution in [0.4, 0.5) is 0 Å². The summed E-state index contributed by atoms with van der Waals surface area (Å²) in [5, 5.41) is 18.1. The maximum Gasteiger partial charge on any atom is 0.322 e. The van der Waals surface area contributed by atoms with E-state index in [9.17, 15) is 9.59 Å². The smallest absolute Gasteiger partial charge is 0.322 e. The highest BCUT2D eigenvalue weighted by atomic mass is 16.4. The average molecular weight is 246 g/mol. The van der Waals surface area contributed by atoms with Gasteiger partial charge in [0.05, 0.1) is 11.9 Å². The van der Waals surface area contributed by atoms with E-state index in [-0.39, 0.29) is 5.69 Å². The molecule has 1 aromatic heterocycles. The predicted molar refractivity (Wildman–Crippen MR) is 61.3 cm³/mol. The van der Waals surface area contributed by atoms with Crippen LogP contribution in [0.15, 0.2) is 36.5 Å². The van der Waals surface area contributed by atoms with Crippen molar-refractivity contribution >= 4 is 11.9 Å². The molecular formula is C11H10N4O3. The Morgan fingerprint density at radius 1 is 1.28 bits per heavy atom. The maximum absolute atomic E-state index is 11.5. The first-order chi connectivity index (χ1) is 8.66. The summed E-state index contributed by atoms with van der Waals surface area (Å²) in [5.74, 6) is -1.68. The van der Waals surface area contributed by atoms with E-state index in [4.69, 9.17) is 5.11 Å². The van der Waals surface area contributed by atoms with Crippen LogP contribution < -0.4 is 5.32 Å². The van der Waals surface area contributed by atoms with Crippen LogP contribution in [0.3, 0.4) is 0 Å². The normalized spacial score (nSPS) is 10.0. The number of hydrogen-bond donors (Lipinski definition) is 2. The lowest BCUT2D eigenvalue weighted by Crippen LogP contribution is -2.29. The van der Waals surface area contributed by atoms with Gasteiger partial charge in [-0.25, -0.2) is 4.68 Å². The molecule has 7 heteroatoms. The molecule has 2 rings (SSSR count). The summed E-state index contributed by atoms with van der Waals surface area (Å²) < 4.78 is 1.44. The molecule has 0 spiro atoms. The number of amides is 1. The van der Waals surface area contributed by atoms with Crippen molar-refractivity contribution in [2.24, 2.45) is 0 Å². The van der Waals surface area contributed by atoms with Crippen molar-refractivity contribution in [3.63, 3.8) is 0 Å². The molecule has 0 atom stereocenters. The summed E-state index contributed by atoms with van der Waals surface area (Å²) in [6, 6.07) is 9.16. The van der Waals surface area contributed by atoms with E-state index in [1.165, 1.54) is 10.9 Å². The molecule has 2 aromatic rings. The Kier molecular flexibility index (Phi) is 3.33. The molecule has 2 N–H and O–H groups in total. The highest BCUT2D eigenvalue weighted by Gasteiger charge is 2.11. The van der Waals surface area contributed by atoms with Crippen molar-refractivity contribution in [3.8, 4) is 5.69 Å². The maximum atomic E-state index is 11.5. The number of carboxylic acid groups (broad SMARTS) is 1. The Hall–Kier alpha value is -2.70. The predicted octanol–water partition coefficient (Wildman–Crippen LogP) is 0.0817. The lowest BCUT2D eigenvalue weighted by atomic mass is 10.3. The number of carbonyl (C=O) groups excluding carboxylic acids is 1. The van der Waals surface area contributed by atoms with E-state index in [0.29, 0.717) is 0 Å². The molecule has 0 unspecified atom stereocenters. The van der Waals surface area contributed by atoms with Gasteiger partial charge in [-0.3, -0.25) is 9.59 Å². The minimum absolute atomic E-state index is 0.0695. The van der Waals surface area contributed by atoms with Crippen LogP contribution in [0.25, 0.3) is 5.69 Å². The van der Waals surface area contributed by atoms with Crippen molar-refractivity contribution < 1.29 is 14.7 Å². The zero-order valence-electron chi connectivity index (χ0n) is 9.28. The molecular weight excluding hydrogens is 236 g/mol. The molecule has 92 valence electrons. The van der Waals surface area contributed by atoms with E-state index < -0.39 is 18.4 Å². The average Bonchev–Trinajstić information content (AvgIpc) is 2.86. The molecule has 0 saturated carbocycles. The van der Waals surface area contributed by atoms with Gasteiger partial charge in [-0.1, -0.05) is 23.4 Å². The first-order valence-electron chi connectivity index (χ1n) is 5.14. The summed E-state index contributed by atoms with van der Waals surface area (Å²) in [6.45, 7) is -0.447. The number of benzene rings is 1. The zero-order valence-corrected chi connectivity index (χ0v) is 9.28. The van der Waals surface area contributed by atoms with E-state index in [1.807, 2.05) is 30.3 Å². The molecule has 0 saturated heterocycles. The summed E-state index contributed by atoms with van der Waals surface area (Å²) in [4.78, 5) is 21.8. The minimum atomic E-state index is -1.11. The Labute approximate surface area is 102 Å². The van der Waals surface area contributed by atoms with Gasteiger partial charge in [-0.2, -0.15) is 0 Å². The van der Waals surface area contributed by atoms with Crippen LogP contribution in [0.2, 0.25) is 0 Å². The first-order valence-corrected chi connectivity index (χ1v) is 5.14. The topological polar surface area (TPSA) is 97.1 Å². The highest BCUT2D eigenvalue weighted by molar-refractivity contribution is 5.93. The number of para-hydroxylation sites is 1. The van der Waals surface area contributed by atoms with Crippen LogP contribution in [0.5, 0.6) is 0 Å². The van der Waals surface area contributed by atoms with E-state index in [1.54, 1.807) is 0 Å². The number of nitrogens with zero attached hydrogens (tertiary/aromatic N) is 3. The molecule has 0 aliphatic rings. The van der Waals surface area contributed by atoms with Gasteiger partial charge in [0.1, 0.15) is 6.54 Å². The Morgan fingerprint density at radius 2 is 2.00 bits per heavy atom. The second-order valence-electron chi connectivity index (χ2n) is 3.46. The number of carboxylic acids is 1. The van der Waals surface area contributed by atoms with Gasteiger partial charge >= 0.3 is 5.97 Å². The summed E-state index contributed by atoms with van der Waals surface area (Å²) in [7, 11) is 0. The lowest BCUT2D eigenvalue weighted by Gasteiger charge is -1.98. The van der Waals surface area contributed by atoms with Gasteiger partial charge in [0.2, 0.25) is 0 Å². The van der Waals surface area contributed by atoms with Crippen molar-refractivity contribution in [1.82, 2.24) is 20.3 Å². The van der Waals surface area contributed by atoms with Crippen LogP contribution in [-0.4, -0.2) is 38.5 Å². The fraction of sp³-hybridized carbons (Fsp3) is 0.0909. The SMILES string of the molecule is O=C(O)CNC(=O)c1cn(-c2ccccc2)nn1. The Bertz CT molecular complexity index is 565. The molecule has 18 heavy (non-hydrogen) atoms. The van der Waals surface area contributed by atoms with Crippen molar-refractivity contribution in [3.05, 3.63) is 42.2 Å². The molecule has 0 radical (unpaired) electrons. The number of hydrogen-bond acceptors (Lipinski definition) is 4. The minimum Gasteiger partial charge on any atom is -0.480 e. The van der Waals surface area contributed by atoms with Crippen molar-refractivity contribution in [2.45, 2.75) is 0 Å². The number of aromatic nitrogens is 3. The van der Waals surface area contributed by atoms with E-state index in [2.05, 4.69) is 15.6 Å². The molecule has 0 bridgehead atoms. The summed E-state index contributed by atoms with van der Waals surface area (Å²) >= 11 is 0. The fourth-order valence-corrected chi connectivity index (χ4v) is 1.32. The van der Waals surface area contributed by atoms with Gasteiger partial charge < -0.3 is 10.4 Å². The van der Waals surface area contributed by atoms with Crippen molar-refractivity contribution in [1.29, 1.82) is 0 Å². The van der Waals surface area contributed by atoms with E-state index >= 15 is 0 Å². The largest absolute Gasteiger partial charge is 0.480 e. The summed E-state index contributed by atoms with van der Waals surface area (Å²) in [5.41, 5.74) is 0.836. The van der Waals surface area contributed by atoms with Gasteiger partial charge in [0.25, 0.3) is 5.91 Å². The van der Waals surface area contributed by atoms with Gasteiger partial charge in [0, 0.05) is 0 Å². The lowest BCUT2D eigenvalue weighted by molar-refractivity contribution is -0.135. The third-order valence-electron chi connectivity index (χ3n) is 2.15. The van der Waals surface area contributed by atoms with Gasteiger partial charge in [0.15, 0.2) is 5.69 Å². The molecule has 1 amide bonds. The monoisotopic (exact) mass is 246 g/mol. The number of carbonyl (C=O) groups is 2. The number of nitrogens with one attached hydrogen (secondary N) is 1. The van der Waals surface area contributed by atoms with Gasteiger partial charge in [-0.05, 0) is 12.1 Å². The number of aliphatic carboxylic acids is 1. The highest BCUT2D eigenvalue weighted by Crippen LogP contribution is 2.05.